The summed E-state index contributed by atoms with van der Waals surface area (Å²) in [6, 6.07) is 40.1. The Kier molecular flexibility index (Phi) is 19.8. The van der Waals surface area contributed by atoms with Crippen LogP contribution in [0.15, 0.2) is 146 Å². The predicted octanol–water partition coefficient (Wildman–Crippen LogP) is 8.46. The number of alkyl halides is 3. The number of hydrogen-bond donors (Lipinski definition) is 1. The van der Waals surface area contributed by atoms with Gasteiger partial charge >= 0.3 is 12.1 Å². The van der Waals surface area contributed by atoms with Gasteiger partial charge in [-0.15, -0.1) is 61.2 Å². The molecule has 0 atom stereocenters. The highest BCUT2D eigenvalue weighted by Crippen LogP contribution is 2.30. The number of rotatable bonds is 10. The van der Waals surface area contributed by atoms with Crippen molar-refractivity contribution in [3.63, 3.8) is 0 Å². The number of carboxylic acid groups (broad SMARTS) is 1. The molecule has 15 nitrogen and oxygen atoms in total. The van der Waals surface area contributed by atoms with Crippen molar-refractivity contribution in [2.45, 2.75) is 46.2 Å². The minimum atomic E-state index is -4.37. The fourth-order valence-electron chi connectivity index (χ4n) is 6.10. The standard InChI is InChI=1S/C17H13F3N4.C17H14N4O2.C15H13N5.3B/c1-2-11-3-5-12(6-4-11)15-21-23-16(24-22-15)13-7-9-14(10-8-13)17(18,19)20;1-2-11-3-5-12(6-4-11)15-18-20-16(21-19-15)13-7-9-14(10-8-13)17(22)23;1-2-11-6-8-12(9-7-11)14-17-19-15(20-18-14)13-5-3-4-10-16-13;;;/h3-10H,2H2,1H3;3-10H,2H2,1H3,(H,22,23);3-10H,2H2,1H3;;;. The summed E-state index contributed by atoms with van der Waals surface area (Å²) >= 11 is 0. The summed E-state index contributed by atoms with van der Waals surface area (Å²) in [6.07, 6.45) is 0.240. The van der Waals surface area contributed by atoms with E-state index in [4.69, 9.17) is 5.11 Å². The Labute approximate surface area is 407 Å². The summed E-state index contributed by atoms with van der Waals surface area (Å²) in [5.74, 6) is 1.34. The van der Waals surface area contributed by atoms with Crippen LogP contribution in [-0.4, -0.2) is 102 Å². The molecule has 9 rings (SSSR count). The highest BCUT2D eigenvalue weighted by molar-refractivity contribution is 5.88. The zero-order chi connectivity index (χ0) is 47.2. The third-order valence-corrected chi connectivity index (χ3v) is 10.1. The Bertz CT molecular complexity index is 2980. The number of halogens is 3. The largest absolute Gasteiger partial charge is 0.478 e. The second-order valence-electron chi connectivity index (χ2n) is 14.5. The smallest absolute Gasteiger partial charge is 0.416 e. The third-order valence-electron chi connectivity index (χ3n) is 10.1. The maximum Gasteiger partial charge on any atom is 0.416 e. The van der Waals surface area contributed by atoms with Gasteiger partial charge in [-0.3, -0.25) is 4.98 Å². The second-order valence-corrected chi connectivity index (χ2v) is 14.5. The molecule has 70 heavy (non-hydrogen) atoms. The number of hydrogen-bond acceptors (Lipinski definition) is 14. The van der Waals surface area contributed by atoms with E-state index in [-0.39, 0.29) is 36.6 Å². The predicted molar refractivity (Wildman–Crippen MR) is 261 cm³/mol. The van der Waals surface area contributed by atoms with Crippen molar-refractivity contribution in [1.29, 1.82) is 0 Å². The average molecular weight is 932 g/mol. The van der Waals surface area contributed by atoms with Gasteiger partial charge in [-0.2, -0.15) is 13.2 Å². The molecule has 0 saturated heterocycles. The van der Waals surface area contributed by atoms with Gasteiger partial charge in [0, 0.05) is 59.3 Å². The van der Waals surface area contributed by atoms with Crippen molar-refractivity contribution < 1.29 is 23.1 Å². The monoisotopic (exact) mass is 932 g/mol. The molecule has 9 radical (unpaired) electrons. The van der Waals surface area contributed by atoms with Crippen LogP contribution in [0.4, 0.5) is 13.2 Å². The third kappa shape index (κ3) is 14.3. The van der Waals surface area contributed by atoms with E-state index in [0.29, 0.717) is 45.9 Å². The van der Waals surface area contributed by atoms with E-state index in [1.54, 1.807) is 18.3 Å². The quantitative estimate of drug-likeness (QED) is 0.128. The number of aryl methyl sites for hydroxylation is 3. The van der Waals surface area contributed by atoms with Gasteiger partial charge < -0.3 is 5.11 Å². The number of aromatic nitrogens is 13. The molecular weight excluding hydrogens is 892 g/mol. The van der Waals surface area contributed by atoms with Gasteiger partial charge in [-0.1, -0.05) is 124 Å². The summed E-state index contributed by atoms with van der Waals surface area (Å²) in [6.45, 7) is 6.28. The van der Waals surface area contributed by atoms with Crippen LogP contribution >= 0.6 is 0 Å². The summed E-state index contributed by atoms with van der Waals surface area (Å²) < 4.78 is 37.7. The molecular formula is C49H40B3F3N13O2. The second kappa shape index (κ2) is 25.6. The van der Waals surface area contributed by atoms with Crippen molar-refractivity contribution in [2.75, 3.05) is 0 Å². The normalized spacial score (nSPS) is 10.4. The zero-order valence-electron chi connectivity index (χ0n) is 38.0. The molecule has 0 saturated carbocycles. The van der Waals surface area contributed by atoms with Crippen LogP contribution < -0.4 is 0 Å². The van der Waals surface area contributed by atoms with E-state index in [9.17, 15) is 18.0 Å². The molecule has 0 unspecified atom stereocenters. The first-order valence-electron chi connectivity index (χ1n) is 20.9. The lowest BCUT2D eigenvalue weighted by atomic mass is 10.1. The Hall–Kier alpha value is -8.48. The van der Waals surface area contributed by atoms with Gasteiger partial charge in [0.05, 0.1) is 11.1 Å². The van der Waals surface area contributed by atoms with Gasteiger partial charge in [-0.05, 0) is 72.4 Å². The van der Waals surface area contributed by atoms with E-state index in [1.807, 2.05) is 78.9 Å². The van der Waals surface area contributed by atoms with E-state index < -0.39 is 17.7 Å². The molecule has 4 heterocycles. The van der Waals surface area contributed by atoms with Crippen molar-refractivity contribution in [3.8, 4) is 68.5 Å². The minimum absolute atomic E-state index is 0. The van der Waals surface area contributed by atoms with Gasteiger partial charge in [0.15, 0.2) is 0 Å². The van der Waals surface area contributed by atoms with Crippen molar-refractivity contribution >= 4 is 31.2 Å². The van der Waals surface area contributed by atoms with Gasteiger partial charge in [-0.25, -0.2) is 4.79 Å². The first-order chi connectivity index (χ1) is 32.5. The number of nitrogens with zero attached hydrogens (tertiary/aromatic N) is 13. The summed E-state index contributed by atoms with van der Waals surface area (Å²) in [5, 5.41) is 57.5. The number of carbonyl (C=O) groups is 1. The molecule has 0 fully saturated rings. The van der Waals surface area contributed by atoms with E-state index in [2.05, 4.69) is 99.1 Å². The number of pyridine rings is 1. The lowest BCUT2D eigenvalue weighted by Gasteiger charge is -2.06. The molecule has 5 aromatic carbocycles. The van der Waals surface area contributed by atoms with Crippen LogP contribution in [0, 0.1) is 0 Å². The highest BCUT2D eigenvalue weighted by atomic mass is 19.4. The molecule has 343 valence electrons. The number of carboxylic acids is 1. The van der Waals surface area contributed by atoms with Crippen molar-refractivity contribution in [1.82, 2.24) is 66.2 Å². The molecule has 0 aliphatic rings. The molecule has 1 N–H and O–H groups in total. The lowest BCUT2D eigenvalue weighted by Crippen LogP contribution is -2.04. The van der Waals surface area contributed by atoms with E-state index >= 15 is 0 Å². The Morgan fingerprint density at radius 2 is 0.700 bits per heavy atom. The molecule has 0 spiro atoms. The molecule has 9 aromatic rings. The first-order valence-corrected chi connectivity index (χ1v) is 20.9. The summed E-state index contributed by atoms with van der Waals surface area (Å²) in [5.41, 5.74) is 7.52. The van der Waals surface area contributed by atoms with Crippen molar-refractivity contribution in [2.24, 2.45) is 0 Å². The summed E-state index contributed by atoms with van der Waals surface area (Å²) in [4.78, 5) is 15.0. The van der Waals surface area contributed by atoms with E-state index in [1.165, 1.54) is 41.0 Å². The van der Waals surface area contributed by atoms with Crippen LogP contribution in [0.2, 0.25) is 0 Å². The SMILES string of the molecule is CCc1ccc(-c2nnc(-c3ccc(C(=O)O)cc3)nn2)cc1.CCc1ccc(-c2nnc(-c3ccc(C(F)(F)F)cc3)nn2)cc1.CCc1ccc(-c2nnc(-c3ccccn3)nn2)cc1.[B].[B].[B]. The van der Waals surface area contributed by atoms with Crippen LogP contribution in [0.3, 0.4) is 0 Å². The van der Waals surface area contributed by atoms with Crippen LogP contribution in [0.25, 0.3) is 68.5 Å². The molecule has 0 aliphatic heterocycles. The molecule has 21 heteroatoms. The van der Waals surface area contributed by atoms with Gasteiger partial charge in [0.2, 0.25) is 34.9 Å². The molecule has 4 aromatic heterocycles. The topological polar surface area (TPSA) is 205 Å². The van der Waals surface area contributed by atoms with Crippen LogP contribution in [-0.2, 0) is 25.4 Å². The minimum Gasteiger partial charge on any atom is -0.478 e. The van der Waals surface area contributed by atoms with E-state index in [0.717, 1.165) is 48.1 Å². The molecule has 0 amide bonds. The fraction of sp³-hybridized carbons (Fsp3) is 0.143. The highest BCUT2D eigenvalue weighted by Gasteiger charge is 2.30. The number of aromatic carboxylic acids is 1. The lowest BCUT2D eigenvalue weighted by molar-refractivity contribution is -0.137. The first kappa shape index (κ1) is 54.1. The van der Waals surface area contributed by atoms with Crippen molar-refractivity contribution in [3.05, 3.63) is 174 Å². The zero-order valence-corrected chi connectivity index (χ0v) is 38.0. The molecule has 0 bridgehead atoms. The van der Waals surface area contributed by atoms with Crippen LogP contribution in [0.1, 0.15) is 53.4 Å². The summed E-state index contributed by atoms with van der Waals surface area (Å²) in [7, 11) is 0. The van der Waals surface area contributed by atoms with Crippen LogP contribution in [0.5, 0.6) is 0 Å². The Morgan fingerprint density at radius 3 is 0.957 bits per heavy atom. The maximum absolute atomic E-state index is 12.6. The fourth-order valence-corrected chi connectivity index (χ4v) is 6.10. The van der Waals surface area contributed by atoms with Gasteiger partial charge in [0.1, 0.15) is 5.69 Å². The average Bonchev–Trinajstić information content (AvgIpc) is 3.39. The maximum atomic E-state index is 12.6. The Morgan fingerprint density at radius 1 is 0.414 bits per heavy atom. The number of benzene rings is 5. The molecule has 0 aliphatic carbocycles. The Balaban J connectivity index is 0.000000224. The van der Waals surface area contributed by atoms with Gasteiger partial charge in [0.25, 0.3) is 0 Å².